The lowest BCUT2D eigenvalue weighted by Gasteiger charge is -2.12. The molecular weight excluding hydrogens is 234 g/mol. The number of anilines is 1. The summed E-state index contributed by atoms with van der Waals surface area (Å²) in [6.07, 6.45) is 0. The van der Waals surface area contributed by atoms with E-state index in [2.05, 4.69) is 65.5 Å². The third-order valence-electron chi connectivity index (χ3n) is 3.29. The Morgan fingerprint density at radius 3 is 2.68 bits per heavy atom. The fourth-order valence-electron chi connectivity index (χ4n) is 2.22. The van der Waals surface area contributed by atoms with Crippen LogP contribution >= 0.6 is 0 Å². The third kappa shape index (κ3) is 2.45. The predicted octanol–water partition coefficient (Wildman–Crippen LogP) is 4.04. The van der Waals surface area contributed by atoms with Gasteiger partial charge in [-0.1, -0.05) is 36.4 Å². The molecule has 19 heavy (non-hydrogen) atoms. The van der Waals surface area contributed by atoms with E-state index in [0.29, 0.717) is 0 Å². The van der Waals surface area contributed by atoms with Gasteiger partial charge < -0.3 is 10.3 Å². The highest BCUT2D eigenvalue weighted by molar-refractivity contribution is 5.78. The van der Waals surface area contributed by atoms with Crippen molar-refractivity contribution in [1.82, 2.24) is 9.97 Å². The molecule has 0 aliphatic heterocycles. The number of rotatable bonds is 3. The number of hydrogen-bond acceptors (Lipinski definition) is 2. The van der Waals surface area contributed by atoms with Gasteiger partial charge in [0.15, 0.2) is 0 Å². The van der Waals surface area contributed by atoms with Crippen molar-refractivity contribution in [1.29, 1.82) is 0 Å². The highest BCUT2D eigenvalue weighted by Gasteiger charge is 2.08. The molecular formula is C16H17N3. The van der Waals surface area contributed by atoms with E-state index in [1.807, 2.05) is 12.1 Å². The minimum atomic E-state index is 0.225. The Labute approximate surface area is 112 Å². The maximum absolute atomic E-state index is 4.55. The summed E-state index contributed by atoms with van der Waals surface area (Å²) in [5.74, 6) is 0.817. The Morgan fingerprint density at radius 1 is 1.11 bits per heavy atom. The number of H-pyrrole nitrogens is 1. The summed E-state index contributed by atoms with van der Waals surface area (Å²) in [5, 5.41) is 3.40. The maximum atomic E-state index is 4.55. The van der Waals surface area contributed by atoms with Crippen LogP contribution in [0.1, 0.15) is 24.1 Å². The molecule has 0 radical (unpaired) electrons. The van der Waals surface area contributed by atoms with Crippen molar-refractivity contribution < 1.29 is 0 Å². The van der Waals surface area contributed by atoms with Crippen molar-refractivity contribution >= 4 is 17.0 Å². The lowest BCUT2D eigenvalue weighted by atomic mass is 10.1. The molecule has 0 fully saturated rings. The third-order valence-corrected chi connectivity index (χ3v) is 3.29. The van der Waals surface area contributed by atoms with Crippen molar-refractivity contribution in [2.75, 3.05) is 5.32 Å². The van der Waals surface area contributed by atoms with Crippen molar-refractivity contribution in [3.8, 4) is 0 Å². The molecule has 1 unspecified atom stereocenters. The van der Waals surface area contributed by atoms with Gasteiger partial charge in [-0.05, 0) is 37.1 Å². The van der Waals surface area contributed by atoms with Gasteiger partial charge in [-0.2, -0.15) is 0 Å². The highest BCUT2D eigenvalue weighted by Crippen LogP contribution is 2.20. The van der Waals surface area contributed by atoms with E-state index in [0.717, 1.165) is 17.0 Å². The van der Waals surface area contributed by atoms with Crippen LogP contribution in [0.3, 0.4) is 0 Å². The molecule has 0 aliphatic carbocycles. The Morgan fingerprint density at radius 2 is 1.89 bits per heavy atom. The van der Waals surface area contributed by atoms with Gasteiger partial charge in [-0.25, -0.2) is 4.98 Å². The standard InChI is InChI=1S/C16H17N3/c1-11-8-9-14-15(10-11)19-16(18-14)17-12(2)13-6-4-3-5-7-13/h3-10,12H,1-2H3,(H2,17,18,19). The summed E-state index contributed by atoms with van der Waals surface area (Å²) in [6.45, 7) is 4.22. The van der Waals surface area contributed by atoms with Gasteiger partial charge in [0.1, 0.15) is 0 Å². The van der Waals surface area contributed by atoms with E-state index in [-0.39, 0.29) is 6.04 Å². The number of benzene rings is 2. The Bertz CT molecular complexity index is 686. The van der Waals surface area contributed by atoms with E-state index in [1.165, 1.54) is 11.1 Å². The zero-order valence-corrected chi connectivity index (χ0v) is 11.1. The molecule has 0 saturated carbocycles. The van der Waals surface area contributed by atoms with Gasteiger partial charge in [0.25, 0.3) is 0 Å². The molecule has 1 aromatic heterocycles. The summed E-state index contributed by atoms with van der Waals surface area (Å²) in [4.78, 5) is 7.87. The average Bonchev–Trinajstić information content (AvgIpc) is 2.81. The number of aryl methyl sites for hydroxylation is 1. The van der Waals surface area contributed by atoms with Crippen molar-refractivity contribution in [3.63, 3.8) is 0 Å². The fraction of sp³-hybridized carbons (Fsp3) is 0.188. The summed E-state index contributed by atoms with van der Waals surface area (Å²) in [5.41, 5.74) is 4.55. The maximum Gasteiger partial charge on any atom is 0.201 e. The molecule has 0 saturated heterocycles. The average molecular weight is 251 g/mol. The normalized spacial score (nSPS) is 12.5. The first-order chi connectivity index (χ1) is 9.22. The molecule has 3 aromatic rings. The monoisotopic (exact) mass is 251 g/mol. The van der Waals surface area contributed by atoms with Crippen LogP contribution in [0.2, 0.25) is 0 Å². The largest absolute Gasteiger partial charge is 0.349 e. The van der Waals surface area contributed by atoms with E-state index in [9.17, 15) is 0 Å². The van der Waals surface area contributed by atoms with Crippen LogP contribution in [0.15, 0.2) is 48.5 Å². The van der Waals surface area contributed by atoms with Crippen molar-refractivity contribution in [2.24, 2.45) is 0 Å². The van der Waals surface area contributed by atoms with Crippen LogP contribution in [0.25, 0.3) is 11.0 Å². The molecule has 0 amide bonds. The number of imidazole rings is 1. The van der Waals surface area contributed by atoms with E-state index in [1.54, 1.807) is 0 Å². The zero-order valence-electron chi connectivity index (χ0n) is 11.1. The summed E-state index contributed by atoms with van der Waals surface area (Å²) in [7, 11) is 0. The number of aromatic nitrogens is 2. The van der Waals surface area contributed by atoms with Gasteiger partial charge in [0.05, 0.1) is 17.1 Å². The lowest BCUT2D eigenvalue weighted by Crippen LogP contribution is -2.07. The Balaban J connectivity index is 1.85. The first kappa shape index (κ1) is 11.8. The lowest BCUT2D eigenvalue weighted by molar-refractivity contribution is 0.869. The van der Waals surface area contributed by atoms with Gasteiger partial charge in [-0.15, -0.1) is 0 Å². The van der Waals surface area contributed by atoms with Crippen molar-refractivity contribution in [2.45, 2.75) is 19.9 Å². The molecule has 2 N–H and O–H groups in total. The highest BCUT2D eigenvalue weighted by atomic mass is 15.1. The molecule has 3 heteroatoms. The van der Waals surface area contributed by atoms with Crippen LogP contribution in [0.4, 0.5) is 5.95 Å². The first-order valence-electron chi connectivity index (χ1n) is 6.50. The second-order valence-electron chi connectivity index (χ2n) is 4.88. The Hall–Kier alpha value is -2.29. The number of nitrogens with zero attached hydrogens (tertiary/aromatic N) is 1. The molecule has 3 rings (SSSR count). The SMILES string of the molecule is Cc1ccc2nc(NC(C)c3ccccc3)[nH]c2c1. The molecule has 3 nitrogen and oxygen atoms in total. The number of aromatic amines is 1. The van der Waals surface area contributed by atoms with Gasteiger partial charge in [0.2, 0.25) is 5.95 Å². The predicted molar refractivity (Wildman–Crippen MR) is 79.3 cm³/mol. The molecule has 1 heterocycles. The summed E-state index contributed by atoms with van der Waals surface area (Å²) in [6, 6.07) is 16.8. The smallest absolute Gasteiger partial charge is 0.201 e. The van der Waals surface area contributed by atoms with E-state index in [4.69, 9.17) is 0 Å². The summed E-state index contributed by atoms with van der Waals surface area (Å²) < 4.78 is 0. The van der Waals surface area contributed by atoms with Gasteiger partial charge >= 0.3 is 0 Å². The Kier molecular flexibility index (Phi) is 2.95. The van der Waals surface area contributed by atoms with Crippen molar-refractivity contribution in [3.05, 3.63) is 59.7 Å². The summed E-state index contributed by atoms with van der Waals surface area (Å²) >= 11 is 0. The number of fused-ring (bicyclic) bond motifs is 1. The molecule has 0 bridgehead atoms. The molecule has 2 aromatic carbocycles. The molecule has 0 aliphatic rings. The minimum Gasteiger partial charge on any atom is -0.349 e. The number of hydrogen-bond donors (Lipinski definition) is 2. The van der Waals surface area contributed by atoms with Crippen LogP contribution < -0.4 is 5.32 Å². The van der Waals surface area contributed by atoms with Crippen LogP contribution in [-0.2, 0) is 0 Å². The van der Waals surface area contributed by atoms with Crippen LogP contribution in [-0.4, -0.2) is 9.97 Å². The number of nitrogens with one attached hydrogen (secondary N) is 2. The molecule has 1 atom stereocenters. The minimum absolute atomic E-state index is 0.225. The zero-order chi connectivity index (χ0) is 13.2. The second kappa shape index (κ2) is 4.76. The van der Waals surface area contributed by atoms with Crippen LogP contribution in [0.5, 0.6) is 0 Å². The van der Waals surface area contributed by atoms with Gasteiger partial charge in [-0.3, -0.25) is 0 Å². The van der Waals surface area contributed by atoms with E-state index < -0.39 is 0 Å². The fourth-order valence-corrected chi connectivity index (χ4v) is 2.22. The quantitative estimate of drug-likeness (QED) is 0.737. The molecule has 0 spiro atoms. The first-order valence-corrected chi connectivity index (χ1v) is 6.50. The van der Waals surface area contributed by atoms with Crippen LogP contribution in [0, 0.1) is 6.92 Å². The molecule has 96 valence electrons. The second-order valence-corrected chi connectivity index (χ2v) is 4.88. The van der Waals surface area contributed by atoms with Gasteiger partial charge in [0, 0.05) is 0 Å². The van der Waals surface area contributed by atoms with E-state index >= 15 is 0 Å². The topological polar surface area (TPSA) is 40.7 Å².